The van der Waals surface area contributed by atoms with Gasteiger partial charge < -0.3 is 19.7 Å². The fourth-order valence-corrected chi connectivity index (χ4v) is 2.79. The number of anilines is 1. The average molecular weight is 306 g/mol. The molecule has 1 spiro atoms. The number of amides is 1. The molecule has 22 heavy (non-hydrogen) atoms. The molecule has 0 aromatic carbocycles. The van der Waals surface area contributed by atoms with E-state index in [0.29, 0.717) is 50.7 Å². The van der Waals surface area contributed by atoms with Gasteiger partial charge in [0.15, 0.2) is 11.5 Å². The second-order valence-electron chi connectivity index (χ2n) is 5.63. The highest BCUT2D eigenvalue weighted by atomic mass is 16.7. The van der Waals surface area contributed by atoms with E-state index in [1.807, 2.05) is 0 Å². The summed E-state index contributed by atoms with van der Waals surface area (Å²) in [4.78, 5) is 14.2. The number of hydrogen-bond donors (Lipinski definition) is 1. The molecule has 0 aliphatic carbocycles. The van der Waals surface area contributed by atoms with E-state index in [1.165, 1.54) is 0 Å². The predicted octanol–water partition coefficient (Wildman–Crippen LogP) is 1.28. The summed E-state index contributed by atoms with van der Waals surface area (Å²) < 4.78 is 11.3. The van der Waals surface area contributed by atoms with Crippen LogP contribution in [0.25, 0.3) is 0 Å². The Bertz CT molecular complexity index is 504. The van der Waals surface area contributed by atoms with Crippen LogP contribution >= 0.6 is 0 Å². The number of piperidine rings is 1. The third kappa shape index (κ3) is 3.20. The van der Waals surface area contributed by atoms with Crippen molar-refractivity contribution in [2.75, 3.05) is 38.2 Å². The van der Waals surface area contributed by atoms with E-state index in [4.69, 9.17) is 9.47 Å². The van der Waals surface area contributed by atoms with Crippen molar-refractivity contribution >= 4 is 11.7 Å². The fourth-order valence-electron chi connectivity index (χ4n) is 2.79. The zero-order chi connectivity index (χ0) is 15.4. The van der Waals surface area contributed by atoms with Crippen LogP contribution in [0, 0.1) is 0 Å². The Morgan fingerprint density at radius 3 is 2.59 bits per heavy atom. The molecule has 7 nitrogen and oxygen atoms in total. The van der Waals surface area contributed by atoms with E-state index in [2.05, 4.69) is 22.4 Å². The summed E-state index contributed by atoms with van der Waals surface area (Å²) in [5, 5.41) is 11.2. The average Bonchev–Trinajstić information content (AvgIpc) is 3.02. The van der Waals surface area contributed by atoms with Crippen molar-refractivity contribution in [3.05, 3.63) is 17.8 Å². The lowest BCUT2D eigenvalue weighted by molar-refractivity contribution is -0.181. The molecule has 1 amide bonds. The van der Waals surface area contributed by atoms with E-state index >= 15 is 0 Å². The molecule has 120 valence electrons. The SMILES string of the molecule is CCCNc1ccc(C(=O)N2CCC3(CC2)OCCO3)nn1. The fraction of sp³-hybridized carbons (Fsp3) is 0.667. The van der Waals surface area contributed by atoms with Gasteiger partial charge in [-0.1, -0.05) is 6.92 Å². The van der Waals surface area contributed by atoms with Gasteiger partial charge in [0, 0.05) is 32.5 Å². The van der Waals surface area contributed by atoms with Crippen molar-refractivity contribution in [2.45, 2.75) is 32.0 Å². The predicted molar refractivity (Wildman–Crippen MR) is 80.6 cm³/mol. The number of carbonyl (C=O) groups excluding carboxylic acids is 1. The van der Waals surface area contributed by atoms with Crippen LogP contribution < -0.4 is 5.32 Å². The minimum atomic E-state index is -0.462. The molecule has 2 fully saturated rings. The summed E-state index contributed by atoms with van der Waals surface area (Å²) in [7, 11) is 0. The number of hydrogen-bond acceptors (Lipinski definition) is 6. The molecule has 2 aliphatic heterocycles. The monoisotopic (exact) mass is 306 g/mol. The van der Waals surface area contributed by atoms with Crippen LogP contribution in [-0.2, 0) is 9.47 Å². The van der Waals surface area contributed by atoms with E-state index in [-0.39, 0.29) is 5.91 Å². The summed E-state index contributed by atoms with van der Waals surface area (Å²) >= 11 is 0. The van der Waals surface area contributed by atoms with Crippen molar-refractivity contribution in [3.63, 3.8) is 0 Å². The third-order valence-electron chi connectivity index (χ3n) is 4.07. The van der Waals surface area contributed by atoms with E-state index < -0.39 is 5.79 Å². The van der Waals surface area contributed by atoms with E-state index in [9.17, 15) is 4.79 Å². The van der Waals surface area contributed by atoms with Crippen molar-refractivity contribution in [1.82, 2.24) is 15.1 Å². The van der Waals surface area contributed by atoms with Gasteiger partial charge in [0.2, 0.25) is 0 Å². The molecular weight excluding hydrogens is 284 g/mol. The smallest absolute Gasteiger partial charge is 0.274 e. The number of likely N-dealkylation sites (tertiary alicyclic amines) is 1. The maximum atomic E-state index is 12.4. The molecule has 2 saturated heterocycles. The molecule has 2 aliphatic rings. The van der Waals surface area contributed by atoms with E-state index in [0.717, 1.165) is 13.0 Å². The van der Waals surface area contributed by atoms with Crippen molar-refractivity contribution in [3.8, 4) is 0 Å². The second-order valence-corrected chi connectivity index (χ2v) is 5.63. The maximum absolute atomic E-state index is 12.4. The maximum Gasteiger partial charge on any atom is 0.274 e. The number of carbonyl (C=O) groups is 1. The molecule has 0 saturated carbocycles. The lowest BCUT2D eigenvalue weighted by Crippen LogP contribution is -2.47. The highest BCUT2D eigenvalue weighted by molar-refractivity contribution is 5.92. The number of aromatic nitrogens is 2. The highest BCUT2D eigenvalue weighted by Crippen LogP contribution is 2.31. The lowest BCUT2D eigenvalue weighted by atomic mass is 10.0. The van der Waals surface area contributed by atoms with Crippen LogP contribution in [0.3, 0.4) is 0 Å². The Labute approximate surface area is 130 Å². The molecule has 3 heterocycles. The van der Waals surface area contributed by atoms with Crippen molar-refractivity contribution < 1.29 is 14.3 Å². The Hall–Kier alpha value is -1.73. The number of nitrogens with zero attached hydrogens (tertiary/aromatic N) is 3. The van der Waals surface area contributed by atoms with Crippen LogP contribution in [0.15, 0.2) is 12.1 Å². The molecule has 0 atom stereocenters. The van der Waals surface area contributed by atoms with Crippen molar-refractivity contribution in [2.24, 2.45) is 0 Å². The Balaban J connectivity index is 1.57. The van der Waals surface area contributed by atoms with Gasteiger partial charge >= 0.3 is 0 Å². The lowest BCUT2D eigenvalue weighted by Gasteiger charge is -2.37. The first kappa shape index (κ1) is 15.2. The third-order valence-corrected chi connectivity index (χ3v) is 4.07. The van der Waals surface area contributed by atoms with Crippen LogP contribution in [0.2, 0.25) is 0 Å². The number of nitrogens with one attached hydrogen (secondary N) is 1. The standard InChI is InChI=1S/C15H22N4O3/c1-2-7-16-13-4-3-12(17-18-13)14(20)19-8-5-15(6-9-19)21-10-11-22-15/h3-4H,2,5-11H2,1H3,(H,16,18). The van der Waals surface area contributed by atoms with Gasteiger partial charge in [0.25, 0.3) is 5.91 Å². The van der Waals surface area contributed by atoms with Crippen molar-refractivity contribution in [1.29, 1.82) is 0 Å². The van der Waals surface area contributed by atoms with Gasteiger partial charge in [0.1, 0.15) is 5.82 Å². The Kier molecular flexibility index (Phi) is 4.54. The summed E-state index contributed by atoms with van der Waals surface area (Å²) in [5.74, 6) is 0.155. The summed E-state index contributed by atoms with van der Waals surface area (Å²) in [6.07, 6.45) is 2.44. The minimum absolute atomic E-state index is 0.0811. The normalized spacial score (nSPS) is 20.3. The molecule has 1 aromatic heterocycles. The molecule has 3 rings (SSSR count). The van der Waals surface area contributed by atoms with Gasteiger partial charge in [-0.2, -0.15) is 0 Å². The minimum Gasteiger partial charge on any atom is -0.369 e. The number of rotatable bonds is 4. The van der Waals surface area contributed by atoms with Crippen LogP contribution in [0.1, 0.15) is 36.7 Å². The zero-order valence-corrected chi connectivity index (χ0v) is 12.9. The van der Waals surface area contributed by atoms with Gasteiger partial charge in [-0.05, 0) is 18.6 Å². The molecule has 1 aromatic rings. The van der Waals surface area contributed by atoms with Gasteiger partial charge in [-0.15, -0.1) is 10.2 Å². The van der Waals surface area contributed by atoms with Crippen LogP contribution in [0.5, 0.6) is 0 Å². The first-order chi connectivity index (χ1) is 10.7. The van der Waals surface area contributed by atoms with Gasteiger partial charge in [-0.25, -0.2) is 0 Å². The molecule has 1 N–H and O–H groups in total. The zero-order valence-electron chi connectivity index (χ0n) is 12.9. The first-order valence-electron chi connectivity index (χ1n) is 7.87. The molecular formula is C15H22N4O3. The largest absolute Gasteiger partial charge is 0.369 e. The number of ether oxygens (including phenoxy) is 2. The Morgan fingerprint density at radius 2 is 2.00 bits per heavy atom. The van der Waals surface area contributed by atoms with Gasteiger partial charge in [0.05, 0.1) is 13.2 Å². The second kappa shape index (κ2) is 6.58. The summed E-state index contributed by atoms with van der Waals surface area (Å²) in [6.45, 7) is 5.46. The first-order valence-corrected chi connectivity index (χ1v) is 7.87. The molecule has 0 unspecified atom stereocenters. The van der Waals surface area contributed by atoms with Crippen LogP contribution in [-0.4, -0.2) is 59.6 Å². The highest BCUT2D eigenvalue weighted by Gasteiger charge is 2.41. The quantitative estimate of drug-likeness (QED) is 0.903. The molecule has 0 radical (unpaired) electrons. The molecule has 0 bridgehead atoms. The topological polar surface area (TPSA) is 76.6 Å². The summed E-state index contributed by atoms with van der Waals surface area (Å²) in [6, 6.07) is 3.52. The molecule has 7 heteroatoms. The van der Waals surface area contributed by atoms with Gasteiger partial charge in [-0.3, -0.25) is 4.79 Å². The van der Waals surface area contributed by atoms with Crippen LogP contribution in [0.4, 0.5) is 5.82 Å². The Morgan fingerprint density at radius 1 is 1.27 bits per heavy atom. The van der Waals surface area contributed by atoms with E-state index in [1.54, 1.807) is 17.0 Å². The summed E-state index contributed by atoms with van der Waals surface area (Å²) in [5.41, 5.74) is 0.381.